The Morgan fingerprint density at radius 2 is 1.43 bits per heavy atom. The Kier molecular flexibility index (Phi) is 7.29. The van der Waals surface area contributed by atoms with Gasteiger partial charge in [-0.15, -0.1) is 0 Å². The molecule has 4 aliphatic rings. The zero-order valence-electron chi connectivity index (χ0n) is 21.6. The van der Waals surface area contributed by atoms with Crippen molar-refractivity contribution in [2.24, 2.45) is 5.92 Å². The number of likely N-dealkylation sites (N-methyl/N-ethyl adjacent to an activating group) is 1. The molecule has 0 radical (unpaired) electrons. The van der Waals surface area contributed by atoms with E-state index in [0.717, 1.165) is 52.0 Å². The van der Waals surface area contributed by atoms with Gasteiger partial charge in [-0.25, -0.2) is 0 Å². The van der Waals surface area contributed by atoms with Gasteiger partial charge in [-0.3, -0.25) is 4.79 Å². The second-order valence-corrected chi connectivity index (χ2v) is 11.3. The molecule has 3 aliphatic carbocycles. The van der Waals surface area contributed by atoms with Crippen molar-refractivity contribution in [1.29, 1.82) is 0 Å². The van der Waals surface area contributed by atoms with Crippen molar-refractivity contribution in [3.63, 3.8) is 0 Å². The summed E-state index contributed by atoms with van der Waals surface area (Å²) in [4.78, 5) is 20.3. The van der Waals surface area contributed by atoms with E-state index in [1.165, 1.54) is 11.1 Å². The van der Waals surface area contributed by atoms with Crippen LogP contribution in [-0.2, 0) is 9.53 Å². The molecule has 2 bridgehead atoms. The maximum Gasteiger partial charge on any atom is 0.307 e. The van der Waals surface area contributed by atoms with Crippen molar-refractivity contribution in [1.82, 2.24) is 14.7 Å². The molecule has 6 rings (SSSR count). The number of esters is 1. The van der Waals surface area contributed by atoms with E-state index in [-0.39, 0.29) is 17.6 Å². The van der Waals surface area contributed by atoms with Crippen LogP contribution in [0.2, 0.25) is 0 Å². The van der Waals surface area contributed by atoms with E-state index in [0.29, 0.717) is 24.2 Å². The summed E-state index contributed by atoms with van der Waals surface area (Å²) in [6.45, 7) is 5.01. The summed E-state index contributed by atoms with van der Waals surface area (Å²) in [5.41, 5.74) is 2.78. The van der Waals surface area contributed by atoms with Crippen LogP contribution in [0, 0.1) is 5.92 Å². The van der Waals surface area contributed by atoms with Gasteiger partial charge >= 0.3 is 5.97 Å². The molecule has 0 amide bonds. The summed E-state index contributed by atoms with van der Waals surface area (Å²) in [7, 11) is 6.58. The van der Waals surface area contributed by atoms with Crippen LogP contribution in [-0.4, -0.2) is 86.2 Å². The fraction of sp³-hybridized carbons (Fsp3) is 0.567. The second-order valence-electron chi connectivity index (χ2n) is 11.3. The molecule has 1 aliphatic heterocycles. The minimum absolute atomic E-state index is 0.0260. The van der Waals surface area contributed by atoms with Crippen LogP contribution in [0.15, 0.2) is 60.7 Å². The molecule has 5 heteroatoms. The predicted octanol–water partition coefficient (Wildman–Crippen LogP) is 4.22. The molecular formula is C30H41N3O2. The molecule has 3 atom stereocenters. The van der Waals surface area contributed by atoms with Gasteiger partial charge in [-0.2, -0.15) is 0 Å². The van der Waals surface area contributed by atoms with Gasteiger partial charge in [0.1, 0.15) is 6.10 Å². The number of ether oxygens (including phenoxy) is 1. The number of nitrogens with zero attached hydrogens (tertiary/aromatic N) is 3. The molecule has 2 aromatic carbocycles. The average molecular weight is 476 g/mol. The Labute approximate surface area is 211 Å². The van der Waals surface area contributed by atoms with E-state index < -0.39 is 0 Å². The van der Waals surface area contributed by atoms with E-state index in [1.54, 1.807) is 0 Å². The lowest BCUT2D eigenvalue weighted by atomic mass is 9.52. The molecule has 2 aromatic rings. The van der Waals surface area contributed by atoms with Gasteiger partial charge in [-0.05, 0) is 56.9 Å². The summed E-state index contributed by atoms with van der Waals surface area (Å²) in [6, 6.07) is 21.8. The molecule has 0 N–H and O–H groups in total. The largest absolute Gasteiger partial charge is 0.462 e. The Hall–Kier alpha value is -2.21. The first-order valence-electron chi connectivity index (χ1n) is 13.3. The monoisotopic (exact) mass is 475 g/mol. The lowest BCUT2D eigenvalue weighted by molar-refractivity contribution is -0.167. The third-order valence-electron chi connectivity index (χ3n) is 9.05. The van der Waals surface area contributed by atoms with Crippen LogP contribution in [0.5, 0.6) is 0 Å². The van der Waals surface area contributed by atoms with E-state index in [2.05, 4.69) is 96.5 Å². The normalized spacial score (nSPS) is 31.5. The molecule has 1 heterocycles. The van der Waals surface area contributed by atoms with Crippen LogP contribution in [0.1, 0.15) is 48.6 Å². The van der Waals surface area contributed by atoms with Crippen molar-refractivity contribution in [2.75, 3.05) is 53.9 Å². The molecule has 5 nitrogen and oxygen atoms in total. The lowest BCUT2D eigenvalue weighted by Gasteiger charge is -2.60. The highest BCUT2D eigenvalue weighted by atomic mass is 16.5. The number of carbonyl (C=O) groups is 1. The maximum atomic E-state index is 13.2. The van der Waals surface area contributed by atoms with Gasteiger partial charge in [0.05, 0.1) is 6.42 Å². The zero-order chi connectivity index (χ0) is 24.4. The SMILES string of the molecule is CN1CCN(CCC(=O)O[C@H]2CC3(N(C)C)C[C@@H](c4ccccc4)C2[C@H](c2ccccc2)C3)CC1. The number of hydrogen-bond acceptors (Lipinski definition) is 5. The van der Waals surface area contributed by atoms with E-state index in [1.807, 2.05) is 0 Å². The van der Waals surface area contributed by atoms with Gasteiger partial charge in [0, 0.05) is 50.6 Å². The fourth-order valence-corrected chi connectivity index (χ4v) is 6.95. The third kappa shape index (κ3) is 5.18. The van der Waals surface area contributed by atoms with Crippen molar-refractivity contribution < 1.29 is 9.53 Å². The number of carbonyl (C=O) groups excluding carboxylic acids is 1. The van der Waals surface area contributed by atoms with Crippen LogP contribution in [0.4, 0.5) is 0 Å². The van der Waals surface area contributed by atoms with E-state index >= 15 is 0 Å². The van der Waals surface area contributed by atoms with Gasteiger partial charge in [0.2, 0.25) is 0 Å². The molecule has 0 aromatic heterocycles. The standard InChI is InChI=1S/C30H41N3O2/c1-31(2)30-20-25(23-10-6-4-7-11-23)29(26(21-30)24-12-8-5-9-13-24)27(22-30)35-28(34)14-15-33-18-16-32(3)17-19-33/h4-13,25-27,29H,14-22H2,1-3H3/t25-,26-,27-,29?,30?/m0/s1. The molecule has 188 valence electrons. The summed E-state index contributed by atoms with van der Waals surface area (Å²) in [5, 5.41) is 0. The third-order valence-corrected chi connectivity index (χ3v) is 9.05. The van der Waals surface area contributed by atoms with Crippen molar-refractivity contribution in [3.05, 3.63) is 71.8 Å². The minimum Gasteiger partial charge on any atom is -0.462 e. The van der Waals surface area contributed by atoms with Gasteiger partial charge in [-0.1, -0.05) is 60.7 Å². The Balaban J connectivity index is 1.39. The first kappa shape index (κ1) is 24.5. The van der Waals surface area contributed by atoms with Crippen LogP contribution in [0.3, 0.4) is 0 Å². The highest BCUT2D eigenvalue weighted by molar-refractivity contribution is 5.70. The number of hydrogen-bond donors (Lipinski definition) is 0. The molecular weight excluding hydrogens is 434 g/mol. The molecule has 1 saturated heterocycles. The first-order valence-corrected chi connectivity index (χ1v) is 13.3. The first-order chi connectivity index (χ1) is 16.9. The van der Waals surface area contributed by atoms with Crippen molar-refractivity contribution in [3.8, 4) is 0 Å². The lowest BCUT2D eigenvalue weighted by Crippen LogP contribution is -2.61. The summed E-state index contributed by atoms with van der Waals surface area (Å²) < 4.78 is 6.41. The molecule has 35 heavy (non-hydrogen) atoms. The average Bonchev–Trinajstić information content (AvgIpc) is 2.89. The molecule has 0 unspecified atom stereocenters. The van der Waals surface area contributed by atoms with Crippen molar-refractivity contribution >= 4 is 5.97 Å². The maximum absolute atomic E-state index is 13.2. The summed E-state index contributed by atoms with van der Waals surface area (Å²) >= 11 is 0. The Morgan fingerprint density at radius 3 is 1.94 bits per heavy atom. The van der Waals surface area contributed by atoms with Crippen LogP contribution in [0.25, 0.3) is 0 Å². The van der Waals surface area contributed by atoms with Crippen molar-refractivity contribution in [2.45, 2.75) is 49.2 Å². The van der Waals surface area contributed by atoms with Gasteiger partial charge < -0.3 is 19.4 Å². The summed E-state index contributed by atoms with van der Waals surface area (Å²) in [5.74, 6) is 1.02. The van der Waals surface area contributed by atoms with Crippen LogP contribution >= 0.6 is 0 Å². The topological polar surface area (TPSA) is 36.0 Å². The van der Waals surface area contributed by atoms with Gasteiger partial charge in [0.15, 0.2) is 0 Å². The zero-order valence-corrected chi connectivity index (χ0v) is 21.6. The number of piperazine rings is 1. The quantitative estimate of drug-likeness (QED) is 0.561. The molecule has 3 saturated carbocycles. The molecule has 4 fully saturated rings. The smallest absolute Gasteiger partial charge is 0.307 e. The van der Waals surface area contributed by atoms with Gasteiger partial charge in [0.25, 0.3) is 0 Å². The Morgan fingerprint density at radius 1 is 0.886 bits per heavy atom. The van der Waals surface area contributed by atoms with E-state index in [4.69, 9.17) is 4.74 Å². The number of benzene rings is 2. The number of fused-ring (bicyclic) bond motifs is 3. The number of rotatable bonds is 7. The van der Waals surface area contributed by atoms with E-state index in [9.17, 15) is 4.79 Å². The molecule has 0 spiro atoms. The second kappa shape index (κ2) is 10.4. The highest BCUT2D eigenvalue weighted by Crippen LogP contribution is 2.60. The van der Waals surface area contributed by atoms with Crippen LogP contribution < -0.4 is 0 Å². The fourth-order valence-electron chi connectivity index (χ4n) is 6.95. The Bertz CT molecular complexity index is 922. The summed E-state index contributed by atoms with van der Waals surface area (Å²) in [6.07, 6.45) is 3.59. The minimum atomic E-state index is -0.0599. The highest BCUT2D eigenvalue weighted by Gasteiger charge is 2.58. The predicted molar refractivity (Wildman–Crippen MR) is 141 cm³/mol.